The second-order valence-electron chi connectivity index (χ2n) is 7.57. The lowest BCUT2D eigenvalue weighted by Crippen LogP contribution is -2.46. The van der Waals surface area contributed by atoms with Crippen LogP contribution in [0.1, 0.15) is 32.8 Å². The predicted octanol–water partition coefficient (Wildman–Crippen LogP) is 2.28. The van der Waals surface area contributed by atoms with Crippen LogP contribution < -0.4 is 10.0 Å². The third-order valence-corrected chi connectivity index (χ3v) is 5.55. The van der Waals surface area contributed by atoms with E-state index in [1.807, 2.05) is 45.0 Å². The van der Waals surface area contributed by atoms with E-state index in [2.05, 4.69) is 10.0 Å². The average molecular weight is 377 g/mol. The number of nitrogens with one attached hydrogen (secondary N) is 2. The summed E-state index contributed by atoms with van der Waals surface area (Å²) in [5, 5.41) is 2.87. The molecular formula is C18H23N3O4S. The van der Waals surface area contributed by atoms with E-state index in [4.69, 9.17) is 4.74 Å². The molecule has 7 nitrogen and oxygen atoms in total. The van der Waals surface area contributed by atoms with Gasteiger partial charge in [-0.15, -0.1) is 0 Å². The number of methoxy groups -OCH3 is 1. The fourth-order valence-corrected chi connectivity index (χ4v) is 3.97. The molecule has 1 saturated heterocycles. The number of para-hydroxylation sites is 1. The van der Waals surface area contributed by atoms with Gasteiger partial charge in [0.25, 0.3) is 0 Å². The molecule has 2 atom stereocenters. The van der Waals surface area contributed by atoms with Crippen LogP contribution in [0.4, 0.5) is 10.5 Å². The number of rotatable bonds is 2. The van der Waals surface area contributed by atoms with E-state index in [9.17, 15) is 14.4 Å². The van der Waals surface area contributed by atoms with Gasteiger partial charge in [0.1, 0.15) is 6.04 Å². The molecule has 8 heteroatoms. The summed E-state index contributed by atoms with van der Waals surface area (Å²) in [7, 11) is 1.29. The highest BCUT2D eigenvalue weighted by atomic mass is 32.2. The van der Waals surface area contributed by atoms with Crippen LogP contribution >= 0.6 is 11.9 Å². The third-order valence-electron chi connectivity index (χ3n) is 4.66. The van der Waals surface area contributed by atoms with Gasteiger partial charge in [-0.3, -0.25) is 9.52 Å². The molecule has 1 spiro atoms. The molecule has 0 radical (unpaired) electrons. The Labute approximate surface area is 157 Å². The molecule has 0 aliphatic carbocycles. The molecule has 3 rings (SSSR count). The standard InChI is InChI=1S/C18H23N3O4S/c1-17(2,3)26-20-16(24)21-10-18(9-13(21)14(22)25-4)11-7-5-6-8-12(11)19-15(18)23/h5-8,13H,9-10H2,1-4H3,(H,19,23)(H,20,24)/t13-,18+/m0/s1. The molecule has 2 heterocycles. The number of carbonyl (C=O) groups excluding carboxylic acids is 3. The Morgan fingerprint density at radius 3 is 2.69 bits per heavy atom. The highest BCUT2D eigenvalue weighted by Crippen LogP contribution is 2.46. The van der Waals surface area contributed by atoms with E-state index in [0.717, 1.165) is 11.3 Å². The van der Waals surface area contributed by atoms with Crippen molar-refractivity contribution in [2.75, 3.05) is 19.0 Å². The summed E-state index contributed by atoms with van der Waals surface area (Å²) in [6, 6.07) is 6.19. The van der Waals surface area contributed by atoms with Crippen molar-refractivity contribution in [2.24, 2.45) is 0 Å². The third kappa shape index (κ3) is 3.13. The summed E-state index contributed by atoms with van der Waals surface area (Å²) in [6.45, 7) is 6.05. The highest BCUT2D eigenvalue weighted by Gasteiger charge is 2.57. The molecule has 0 bridgehead atoms. The second-order valence-corrected chi connectivity index (χ2v) is 9.21. The van der Waals surface area contributed by atoms with Crippen LogP contribution in [0.5, 0.6) is 0 Å². The largest absolute Gasteiger partial charge is 0.467 e. The zero-order valence-electron chi connectivity index (χ0n) is 15.3. The SMILES string of the molecule is COC(=O)[C@@H]1C[C@]2(CN1C(=O)NSC(C)(C)C)C(=O)Nc1ccccc12. The summed E-state index contributed by atoms with van der Waals surface area (Å²) in [5.74, 6) is -0.707. The van der Waals surface area contributed by atoms with Gasteiger partial charge >= 0.3 is 12.0 Å². The van der Waals surface area contributed by atoms with Gasteiger partial charge in [0.15, 0.2) is 0 Å². The Kier molecular flexibility index (Phi) is 4.64. The average Bonchev–Trinajstić information content (AvgIpc) is 3.12. The van der Waals surface area contributed by atoms with Gasteiger partial charge in [-0.2, -0.15) is 0 Å². The van der Waals surface area contributed by atoms with E-state index in [0.29, 0.717) is 0 Å². The van der Waals surface area contributed by atoms with Crippen molar-refractivity contribution in [1.82, 2.24) is 9.62 Å². The Morgan fingerprint density at radius 2 is 2.04 bits per heavy atom. The molecular weight excluding hydrogens is 354 g/mol. The first-order valence-corrected chi connectivity index (χ1v) is 9.23. The van der Waals surface area contributed by atoms with Crippen molar-refractivity contribution in [3.8, 4) is 0 Å². The first kappa shape index (κ1) is 18.6. The summed E-state index contributed by atoms with van der Waals surface area (Å²) >= 11 is 1.27. The fraction of sp³-hybridized carbons (Fsp3) is 0.500. The molecule has 2 N–H and O–H groups in total. The van der Waals surface area contributed by atoms with Crippen molar-refractivity contribution < 1.29 is 19.1 Å². The van der Waals surface area contributed by atoms with E-state index in [1.165, 1.54) is 24.0 Å². The number of fused-ring (bicyclic) bond motifs is 2. The number of hydrogen-bond acceptors (Lipinski definition) is 5. The maximum atomic E-state index is 12.8. The minimum atomic E-state index is -0.931. The van der Waals surface area contributed by atoms with Crippen molar-refractivity contribution in [3.05, 3.63) is 29.8 Å². The molecule has 26 heavy (non-hydrogen) atoms. The van der Waals surface area contributed by atoms with Crippen molar-refractivity contribution >= 4 is 35.5 Å². The molecule has 2 aliphatic rings. The summed E-state index contributed by atoms with van der Waals surface area (Å²) in [4.78, 5) is 39.2. The topological polar surface area (TPSA) is 87.7 Å². The van der Waals surface area contributed by atoms with Crippen LogP contribution in [0.25, 0.3) is 0 Å². The molecule has 0 saturated carbocycles. The van der Waals surface area contributed by atoms with Gasteiger partial charge in [0.2, 0.25) is 5.91 Å². The number of anilines is 1. The van der Waals surface area contributed by atoms with Crippen LogP contribution in [0, 0.1) is 0 Å². The lowest BCUT2D eigenvalue weighted by Gasteiger charge is -2.26. The molecule has 1 aromatic rings. The Balaban J connectivity index is 1.92. The van der Waals surface area contributed by atoms with Crippen molar-refractivity contribution in [2.45, 2.75) is 43.4 Å². The van der Waals surface area contributed by atoms with Gasteiger partial charge in [-0.05, 0) is 50.8 Å². The van der Waals surface area contributed by atoms with Crippen molar-refractivity contribution in [1.29, 1.82) is 0 Å². The fourth-order valence-electron chi connectivity index (χ4n) is 3.45. The number of benzene rings is 1. The van der Waals surface area contributed by atoms with Crippen LogP contribution in [-0.4, -0.2) is 47.3 Å². The molecule has 140 valence electrons. The van der Waals surface area contributed by atoms with Crippen LogP contribution in [0.3, 0.4) is 0 Å². The lowest BCUT2D eigenvalue weighted by atomic mass is 9.79. The number of amides is 3. The van der Waals surface area contributed by atoms with E-state index in [-0.39, 0.29) is 23.6 Å². The monoisotopic (exact) mass is 377 g/mol. The molecule has 2 aliphatic heterocycles. The zero-order valence-corrected chi connectivity index (χ0v) is 16.1. The van der Waals surface area contributed by atoms with E-state index < -0.39 is 23.5 Å². The number of carbonyl (C=O) groups is 3. The van der Waals surface area contributed by atoms with Gasteiger partial charge in [0, 0.05) is 17.0 Å². The van der Waals surface area contributed by atoms with Crippen LogP contribution in [0.15, 0.2) is 24.3 Å². The number of ether oxygens (including phenoxy) is 1. The molecule has 1 aromatic carbocycles. The summed E-state index contributed by atoms with van der Waals surface area (Å²) in [6.07, 6.45) is 0.204. The van der Waals surface area contributed by atoms with Gasteiger partial charge < -0.3 is 15.0 Å². The molecule has 0 unspecified atom stereocenters. The van der Waals surface area contributed by atoms with Gasteiger partial charge in [-0.1, -0.05) is 18.2 Å². The molecule has 3 amide bonds. The maximum Gasteiger partial charge on any atom is 0.328 e. The van der Waals surface area contributed by atoms with E-state index >= 15 is 0 Å². The van der Waals surface area contributed by atoms with Crippen molar-refractivity contribution in [3.63, 3.8) is 0 Å². The van der Waals surface area contributed by atoms with Crippen LogP contribution in [-0.2, 0) is 19.7 Å². The van der Waals surface area contributed by atoms with Crippen LogP contribution in [0.2, 0.25) is 0 Å². The number of hydrogen-bond donors (Lipinski definition) is 2. The van der Waals surface area contributed by atoms with Gasteiger partial charge in [0.05, 0.1) is 12.5 Å². The Hall–Kier alpha value is -2.22. The normalized spacial score (nSPS) is 24.4. The first-order chi connectivity index (χ1) is 12.2. The highest BCUT2D eigenvalue weighted by molar-refractivity contribution is 7.99. The molecule has 0 aromatic heterocycles. The number of likely N-dealkylation sites (tertiary alicyclic amines) is 1. The Morgan fingerprint density at radius 1 is 1.35 bits per heavy atom. The second kappa shape index (κ2) is 6.50. The van der Waals surface area contributed by atoms with Gasteiger partial charge in [-0.25, -0.2) is 9.59 Å². The smallest absolute Gasteiger partial charge is 0.328 e. The predicted molar refractivity (Wildman–Crippen MR) is 99.8 cm³/mol. The lowest BCUT2D eigenvalue weighted by molar-refractivity contribution is -0.144. The minimum absolute atomic E-state index is 0.131. The first-order valence-electron chi connectivity index (χ1n) is 8.41. The minimum Gasteiger partial charge on any atom is -0.467 e. The van der Waals surface area contributed by atoms with E-state index in [1.54, 1.807) is 0 Å². The Bertz CT molecular complexity index is 761. The zero-order chi connectivity index (χ0) is 19.1. The molecule has 1 fully saturated rings. The summed E-state index contributed by atoms with van der Waals surface area (Å²) in [5.41, 5.74) is 0.615. The summed E-state index contributed by atoms with van der Waals surface area (Å²) < 4.78 is 7.49. The maximum absolute atomic E-state index is 12.8. The quantitative estimate of drug-likeness (QED) is 0.610. The number of urea groups is 1. The number of nitrogens with zero attached hydrogens (tertiary/aromatic N) is 1. The number of esters is 1.